The fourth-order valence-corrected chi connectivity index (χ4v) is 3.57. The first-order chi connectivity index (χ1) is 12.6. The highest BCUT2D eigenvalue weighted by atomic mass is 35.5. The van der Waals surface area contributed by atoms with Crippen LogP contribution in [0.2, 0.25) is 5.02 Å². The summed E-state index contributed by atoms with van der Waals surface area (Å²) in [5, 5.41) is 13.3. The highest BCUT2D eigenvalue weighted by molar-refractivity contribution is 6.31. The second-order valence-corrected chi connectivity index (χ2v) is 7.06. The van der Waals surface area contributed by atoms with E-state index in [-0.39, 0.29) is 12.5 Å². The molecule has 0 spiro atoms. The molecule has 8 heteroatoms. The van der Waals surface area contributed by atoms with Crippen LogP contribution in [0.1, 0.15) is 42.6 Å². The highest BCUT2D eigenvalue weighted by Crippen LogP contribution is 2.43. The van der Waals surface area contributed by atoms with Gasteiger partial charge in [-0.15, -0.1) is 0 Å². The van der Waals surface area contributed by atoms with Gasteiger partial charge in [0.2, 0.25) is 5.91 Å². The van der Waals surface area contributed by atoms with Crippen molar-refractivity contribution in [2.24, 2.45) is 0 Å². The number of aromatic nitrogens is 5. The second kappa shape index (κ2) is 6.72. The average molecular weight is 373 g/mol. The van der Waals surface area contributed by atoms with E-state index in [1.165, 1.54) is 18.4 Å². The molecule has 7 nitrogen and oxygen atoms in total. The normalized spacial score (nSPS) is 14.1. The van der Waals surface area contributed by atoms with Crippen LogP contribution in [-0.4, -0.2) is 30.5 Å². The summed E-state index contributed by atoms with van der Waals surface area (Å²) in [5.41, 5.74) is 3.81. The van der Waals surface area contributed by atoms with Gasteiger partial charge in [-0.2, -0.15) is 10.2 Å². The summed E-state index contributed by atoms with van der Waals surface area (Å²) in [6.07, 6.45) is 5.84. The number of hydrogen-bond acceptors (Lipinski definition) is 4. The molecule has 3 aromatic heterocycles. The van der Waals surface area contributed by atoms with Crippen molar-refractivity contribution in [1.29, 1.82) is 0 Å². The van der Waals surface area contributed by atoms with Gasteiger partial charge in [0.25, 0.3) is 0 Å². The van der Waals surface area contributed by atoms with Crippen LogP contribution < -0.4 is 5.32 Å². The van der Waals surface area contributed by atoms with Gasteiger partial charge in [0, 0.05) is 18.1 Å². The van der Waals surface area contributed by atoms with Gasteiger partial charge in [0.15, 0.2) is 5.65 Å². The Hall–Kier alpha value is -2.41. The number of nitrogens with zero attached hydrogens (tertiary/aromatic N) is 5. The second-order valence-electron chi connectivity index (χ2n) is 6.65. The van der Waals surface area contributed by atoms with Gasteiger partial charge < -0.3 is 5.32 Å². The molecule has 0 bridgehead atoms. The van der Waals surface area contributed by atoms with Gasteiger partial charge in [-0.1, -0.05) is 11.6 Å². The van der Waals surface area contributed by atoms with Crippen LogP contribution in [0.25, 0.3) is 11.0 Å². The number of nitrogens with one attached hydrogen (secondary N) is 1. The molecule has 0 aromatic carbocycles. The Balaban J connectivity index is 1.51. The van der Waals surface area contributed by atoms with Crippen LogP contribution >= 0.6 is 11.6 Å². The van der Waals surface area contributed by atoms with Crippen LogP contribution in [-0.2, 0) is 24.4 Å². The molecule has 1 aliphatic carbocycles. The Morgan fingerprint density at radius 1 is 1.38 bits per heavy atom. The summed E-state index contributed by atoms with van der Waals surface area (Å²) in [7, 11) is 0. The van der Waals surface area contributed by atoms with E-state index in [9.17, 15) is 4.79 Å². The summed E-state index contributed by atoms with van der Waals surface area (Å²) in [5.74, 6) is 0.482. The van der Waals surface area contributed by atoms with Crippen LogP contribution in [0.15, 0.2) is 18.5 Å². The SMILES string of the molecule is CCn1ncc(Cl)c1CNC(=O)Cn1nc(C)c2c(C3CC3)ccnc21. The van der Waals surface area contributed by atoms with E-state index < -0.39 is 0 Å². The number of aryl methyl sites for hydroxylation is 2. The number of amides is 1. The van der Waals surface area contributed by atoms with Crippen molar-refractivity contribution in [3.63, 3.8) is 0 Å². The first kappa shape index (κ1) is 17.0. The van der Waals surface area contributed by atoms with Gasteiger partial charge in [0.1, 0.15) is 6.54 Å². The molecule has 26 heavy (non-hydrogen) atoms. The summed E-state index contributed by atoms with van der Waals surface area (Å²) >= 11 is 6.14. The monoisotopic (exact) mass is 372 g/mol. The minimum atomic E-state index is -0.132. The lowest BCUT2D eigenvalue weighted by Gasteiger charge is -2.08. The topological polar surface area (TPSA) is 77.6 Å². The first-order valence-corrected chi connectivity index (χ1v) is 9.25. The van der Waals surface area contributed by atoms with Crippen molar-refractivity contribution in [1.82, 2.24) is 29.9 Å². The first-order valence-electron chi connectivity index (χ1n) is 8.87. The van der Waals surface area contributed by atoms with E-state index in [0.29, 0.717) is 24.0 Å². The smallest absolute Gasteiger partial charge is 0.242 e. The van der Waals surface area contributed by atoms with E-state index in [1.54, 1.807) is 15.6 Å². The van der Waals surface area contributed by atoms with Crippen molar-refractivity contribution < 1.29 is 4.79 Å². The minimum Gasteiger partial charge on any atom is -0.349 e. The molecule has 0 saturated heterocycles. The fourth-order valence-electron chi connectivity index (χ4n) is 3.37. The molecule has 0 unspecified atom stereocenters. The third kappa shape index (κ3) is 3.07. The van der Waals surface area contributed by atoms with E-state index >= 15 is 0 Å². The molecule has 1 N–H and O–H groups in total. The van der Waals surface area contributed by atoms with Crippen molar-refractivity contribution in [2.45, 2.75) is 52.2 Å². The third-order valence-corrected chi connectivity index (χ3v) is 5.12. The lowest BCUT2D eigenvalue weighted by molar-refractivity contribution is -0.122. The molecule has 0 atom stereocenters. The van der Waals surface area contributed by atoms with Gasteiger partial charge in [-0.3, -0.25) is 9.48 Å². The molecule has 0 radical (unpaired) electrons. The van der Waals surface area contributed by atoms with E-state index in [4.69, 9.17) is 11.6 Å². The zero-order valence-electron chi connectivity index (χ0n) is 14.9. The summed E-state index contributed by atoms with van der Waals surface area (Å²) in [4.78, 5) is 16.9. The van der Waals surface area contributed by atoms with Crippen molar-refractivity contribution in [2.75, 3.05) is 0 Å². The fraction of sp³-hybridized carbons (Fsp3) is 0.444. The number of carbonyl (C=O) groups excluding carboxylic acids is 1. The molecule has 4 rings (SSSR count). The van der Waals surface area contributed by atoms with E-state index in [0.717, 1.165) is 22.4 Å². The van der Waals surface area contributed by atoms with Crippen molar-refractivity contribution in [3.05, 3.63) is 40.4 Å². The third-order valence-electron chi connectivity index (χ3n) is 4.80. The lowest BCUT2D eigenvalue weighted by atomic mass is 10.1. The Bertz CT molecular complexity index is 972. The van der Waals surface area contributed by atoms with Crippen LogP contribution in [0.5, 0.6) is 0 Å². The predicted octanol–water partition coefficient (Wildman–Crippen LogP) is 2.80. The molecule has 0 aliphatic heterocycles. The number of pyridine rings is 1. The standard InChI is InChI=1S/C18H21ClN6O/c1-3-24-15(14(19)8-22-24)9-21-16(26)10-25-18-17(11(2)23-25)13(6-7-20-18)12-4-5-12/h6-8,12H,3-5,9-10H2,1-2H3,(H,21,26). The van der Waals surface area contributed by atoms with Crippen molar-refractivity contribution >= 4 is 28.5 Å². The molecule has 3 aromatic rings. The predicted molar refractivity (Wildman–Crippen MR) is 99.0 cm³/mol. The Kier molecular flexibility index (Phi) is 4.40. The maximum Gasteiger partial charge on any atom is 0.242 e. The number of hydrogen-bond donors (Lipinski definition) is 1. The Morgan fingerprint density at radius 3 is 2.92 bits per heavy atom. The van der Waals surface area contributed by atoms with Gasteiger partial charge in [-0.05, 0) is 44.2 Å². The molecular weight excluding hydrogens is 352 g/mol. The molecule has 1 fully saturated rings. The number of halogens is 1. The number of rotatable bonds is 6. The van der Waals surface area contributed by atoms with Gasteiger partial charge >= 0.3 is 0 Å². The minimum absolute atomic E-state index is 0.128. The van der Waals surface area contributed by atoms with Gasteiger partial charge in [-0.25, -0.2) is 9.67 Å². The zero-order valence-corrected chi connectivity index (χ0v) is 15.6. The lowest BCUT2D eigenvalue weighted by Crippen LogP contribution is -2.28. The highest BCUT2D eigenvalue weighted by Gasteiger charge is 2.27. The van der Waals surface area contributed by atoms with Crippen LogP contribution in [0.3, 0.4) is 0 Å². The van der Waals surface area contributed by atoms with E-state index in [1.807, 2.05) is 20.0 Å². The largest absolute Gasteiger partial charge is 0.349 e. The zero-order chi connectivity index (χ0) is 18.3. The number of carbonyl (C=O) groups is 1. The molecule has 1 saturated carbocycles. The molecule has 1 aliphatic rings. The Labute approximate surface area is 156 Å². The van der Waals surface area contributed by atoms with E-state index in [2.05, 4.69) is 26.6 Å². The summed E-state index contributed by atoms with van der Waals surface area (Å²) < 4.78 is 3.46. The molecular formula is C18H21ClN6O. The molecule has 3 heterocycles. The molecule has 1 amide bonds. The maximum atomic E-state index is 12.4. The Morgan fingerprint density at radius 2 is 2.19 bits per heavy atom. The van der Waals surface area contributed by atoms with Crippen molar-refractivity contribution in [3.8, 4) is 0 Å². The molecule has 136 valence electrons. The summed E-state index contributed by atoms with van der Waals surface area (Å²) in [6, 6.07) is 2.08. The quantitative estimate of drug-likeness (QED) is 0.721. The van der Waals surface area contributed by atoms with Crippen LogP contribution in [0, 0.1) is 6.92 Å². The summed E-state index contributed by atoms with van der Waals surface area (Å²) in [6.45, 7) is 5.13. The average Bonchev–Trinajstić information content (AvgIpc) is 3.35. The van der Waals surface area contributed by atoms with Crippen LogP contribution in [0.4, 0.5) is 0 Å². The maximum absolute atomic E-state index is 12.4. The van der Waals surface area contributed by atoms with Gasteiger partial charge in [0.05, 0.1) is 29.2 Å². The number of fused-ring (bicyclic) bond motifs is 1.